The van der Waals surface area contributed by atoms with Crippen LogP contribution in [-0.2, 0) is 27.3 Å². The number of nitrogens with one attached hydrogen (secondary N) is 1. The molecule has 0 saturated heterocycles. The van der Waals surface area contributed by atoms with Crippen molar-refractivity contribution in [2.45, 2.75) is 51.4 Å². The lowest BCUT2D eigenvalue weighted by atomic mass is 10.1. The molecular formula is C20H24FN3O3S. The quantitative estimate of drug-likeness (QED) is 0.413. The monoisotopic (exact) mass is 405 g/mol. The van der Waals surface area contributed by atoms with E-state index >= 15 is 0 Å². The van der Waals surface area contributed by atoms with Gasteiger partial charge in [0, 0.05) is 24.4 Å². The molecule has 1 unspecified atom stereocenters. The van der Waals surface area contributed by atoms with Gasteiger partial charge in [0.05, 0.1) is 0 Å². The molecule has 1 atom stereocenters. The summed E-state index contributed by atoms with van der Waals surface area (Å²) in [5.41, 5.74) is 3.36. The van der Waals surface area contributed by atoms with Crippen LogP contribution in [-0.4, -0.2) is 34.2 Å². The molecule has 0 aliphatic heterocycles. The average Bonchev–Trinajstić information content (AvgIpc) is 2.66. The van der Waals surface area contributed by atoms with Crippen molar-refractivity contribution in [2.75, 3.05) is 6.26 Å². The molecule has 0 bridgehead atoms. The van der Waals surface area contributed by atoms with Gasteiger partial charge in [-0.2, -0.15) is 0 Å². The van der Waals surface area contributed by atoms with Crippen LogP contribution in [0.2, 0.25) is 0 Å². The maximum Gasteiger partial charge on any atom is 0.306 e. The molecule has 0 aliphatic carbocycles. The number of hydrogen-bond donors (Lipinski definition) is 1. The summed E-state index contributed by atoms with van der Waals surface area (Å²) < 4.78 is 18.1. The largest absolute Gasteiger partial charge is 0.453 e. The van der Waals surface area contributed by atoms with Crippen LogP contribution >= 0.6 is 11.8 Å². The lowest BCUT2D eigenvalue weighted by Crippen LogP contribution is -2.35. The smallest absolute Gasteiger partial charge is 0.306 e. The minimum absolute atomic E-state index is 0.138. The number of nitrogens with zero attached hydrogens (tertiary/aromatic N) is 2. The molecule has 0 aliphatic rings. The molecule has 1 aromatic carbocycles. The number of carbonyl (C=O) groups excluding carboxylic acids is 2. The Hall–Kier alpha value is -2.48. The first-order valence-corrected chi connectivity index (χ1v) is 10.1. The summed E-state index contributed by atoms with van der Waals surface area (Å²) in [6, 6.07) is 5.82. The molecule has 28 heavy (non-hydrogen) atoms. The Balaban J connectivity index is 1.82. The fraction of sp³-hybridized carbons (Fsp3) is 0.400. The van der Waals surface area contributed by atoms with E-state index in [9.17, 15) is 14.0 Å². The fourth-order valence-corrected chi connectivity index (χ4v) is 3.09. The summed E-state index contributed by atoms with van der Waals surface area (Å²) >= 11 is 1.47. The minimum Gasteiger partial charge on any atom is -0.453 e. The average molecular weight is 405 g/mol. The SMILES string of the molecule is CSc1nc(C)c(CCC(=O)OC(C)C(=O)NCc2ccc(F)cc2)c(C)n1. The Morgan fingerprint density at radius 3 is 2.36 bits per heavy atom. The van der Waals surface area contributed by atoms with Crippen molar-refractivity contribution >= 4 is 23.6 Å². The molecule has 0 saturated carbocycles. The number of aromatic nitrogens is 2. The van der Waals surface area contributed by atoms with E-state index < -0.39 is 18.0 Å². The van der Waals surface area contributed by atoms with E-state index in [1.54, 1.807) is 12.1 Å². The molecule has 2 aromatic rings. The zero-order chi connectivity index (χ0) is 20.7. The molecule has 8 heteroatoms. The molecule has 0 spiro atoms. The molecule has 2 rings (SSSR count). The third kappa shape index (κ3) is 6.30. The zero-order valence-corrected chi connectivity index (χ0v) is 17.2. The number of benzene rings is 1. The molecule has 1 amide bonds. The maximum absolute atomic E-state index is 12.9. The number of rotatable bonds is 8. The van der Waals surface area contributed by atoms with Crippen LogP contribution in [0.15, 0.2) is 29.4 Å². The van der Waals surface area contributed by atoms with Gasteiger partial charge in [0.2, 0.25) is 0 Å². The van der Waals surface area contributed by atoms with E-state index in [-0.39, 0.29) is 18.8 Å². The Labute approximate surface area is 168 Å². The highest BCUT2D eigenvalue weighted by atomic mass is 32.2. The number of thioether (sulfide) groups is 1. The van der Waals surface area contributed by atoms with E-state index in [2.05, 4.69) is 15.3 Å². The first-order chi connectivity index (χ1) is 13.3. The number of esters is 1. The van der Waals surface area contributed by atoms with Crippen molar-refractivity contribution in [3.8, 4) is 0 Å². The van der Waals surface area contributed by atoms with Crippen LogP contribution in [0.3, 0.4) is 0 Å². The van der Waals surface area contributed by atoms with Gasteiger partial charge >= 0.3 is 5.97 Å². The van der Waals surface area contributed by atoms with Crippen molar-refractivity contribution in [3.63, 3.8) is 0 Å². The van der Waals surface area contributed by atoms with Gasteiger partial charge in [-0.05, 0) is 56.7 Å². The second-order valence-corrected chi connectivity index (χ2v) is 7.11. The Morgan fingerprint density at radius 2 is 1.79 bits per heavy atom. The van der Waals surface area contributed by atoms with Gasteiger partial charge in [0.25, 0.3) is 5.91 Å². The third-order valence-electron chi connectivity index (χ3n) is 4.22. The summed E-state index contributed by atoms with van der Waals surface area (Å²) in [6.07, 6.45) is 1.59. The Kier molecular flexibility index (Phi) is 7.92. The van der Waals surface area contributed by atoms with Gasteiger partial charge in [0.1, 0.15) is 5.82 Å². The fourth-order valence-electron chi connectivity index (χ4n) is 2.63. The predicted molar refractivity (Wildman–Crippen MR) is 105 cm³/mol. The van der Waals surface area contributed by atoms with Crippen molar-refractivity contribution < 1.29 is 18.7 Å². The van der Waals surface area contributed by atoms with Crippen LogP contribution in [0.25, 0.3) is 0 Å². The molecule has 0 fully saturated rings. The zero-order valence-electron chi connectivity index (χ0n) is 16.4. The van der Waals surface area contributed by atoms with E-state index in [0.29, 0.717) is 11.6 Å². The van der Waals surface area contributed by atoms with Crippen LogP contribution in [0.4, 0.5) is 4.39 Å². The lowest BCUT2D eigenvalue weighted by molar-refractivity contribution is -0.154. The van der Waals surface area contributed by atoms with Crippen molar-refractivity contribution in [3.05, 3.63) is 52.6 Å². The number of hydrogen-bond acceptors (Lipinski definition) is 6. The molecule has 6 nitrogen and oxygen atoms in total. The highest BCUT2D eigenvalue weighted by molar-refractivity contribution is 7.98. The standard InChI is InChI=1S/C20H24FN3O3S/c1-12-17(13(2)24-20(23-12)28-4)9-10-18(25)27-14(3)19(26)22-11-15-5-7-16(21)8-6-15/h5-8,14H,9-11H2,1-4H3,(H,22,26). The second kappa shape index (κ2) is 10.2. The van der Waals surface area contributed by atoms with Crippen molar-refractivity contribution in [1.82, 2.24) is 15.3 Å². The van der Waals surface area contributed by atoms with E-state index in [0.717, 1.165) is 22.5 Å². The molecule has 1 aromatic heterocycles. The van der Waals surface area contributed by atoms with Crippen LogP contribution in [0, 0.1) is 19.7 Å². The summed E-state index contributed by atoms with van der Waals surface area (Å²) in [6.45, 7) is 5.53. The first kappa shape index (κ1) is 21.8. The number of aryl methyl sites for hydroxylation is 2. The Bertz CT molecular complexity index is 820. The number of ether oxygens (including phenoxy) is 1. The van der Waals surface area contributed by atoms with Gasteiger partial charge < -0.3 is 10.1 Å². The Morgan fingerprint density at radius 1 is 1.18 bits per heavy atom. The molecule has 0 radical (unpaired) electrons. The molecular weight excluding hydrogens is 381 g/mol. The molecule has 1 heterocycles. The van der Waals surface area contributed by atoms with Gasteiger partial charge in [-0.15, -0.1) is 0 Å². The van der Waals surface area contributed by atoms with Crippen molar-refractivity contribution in [1.29, 1.82) is 0 Å². The molecule has 150 valence electrons. The second-order valence-electron chi connectivity index (χ2n) is 6.34. The highest BCUT2D eigenvalue weighted by Crippen LogP contribution is 2.17. The first-order valence-electron chi connectivity index (χ1n) is 8.90. The minimum atomic E-state index is -0.912. The predicted octanol–water partition coefficient (Wildman–Crippen LogP) is 3.14. The van der Waals surface area contributed by atoms with Crippen LogP contribution in [0.5, 0.6) is 0 Å². The number of amides is 1. The van der Waals surface area contributed by atoms with Crippen LogP contribution in [0.1, 0.15) is 35.9 Å². The third-order valence-corrected chi connectivity index (χ3v) is 4.77. The summed E-state index contributed by atoms with van der Waals surface area (Å²) in [7, 11) is 0. The van der Waals surface area contributed by atoms with Gasteiger partial charge in [-0.3, -0.25) is 9.59 Å². The van der Waals surface area contributed by atoms with Crippen molar-refractivity contribution in [2.24, 2.45) is 0 Å². The van der Waals surface area contributed by atoms with E-state index in [1.165, 1.54) is 30.8 Å². The lowest BCUT2D eigenvalue weighted by Gasteiger charge is -2.14. The normalized spacial score (nSPS) is 11.8. The van der Waals surface area contributed by atoms with E-state index in [1.807, 2.05) is 20.1 Å². The summed E-state index contributed by atoms with van der Waals surface area (Å²) in [4.78, 5) is 33.0. The molecule has 1 N–H and O–H groups in total. The topological polar surface area (TPSA) is 81.2 Å². The van der Waals surface area contributed by atoms with Gasteiger partial charge in [0.15, 0.2) is 11.3 Å². The van der Waals surface area contributed by atoms with E-state index in [4.69, 9.17) is 4.74 Å². The number of carbonyl (C=O) groups is 2. The summed E-state index contributed by atoms with van der Waals surface area (Å²) in [5, 5.41) is 3.37. The van der Waals surface area contributed by atoms with Gasteiger partial charge in [-0.1, -0.05) is 23.9 Å². The highest BCUT2D eigenvalue weighted by Gasteiger charge is 2.18. The maximum atomic E-state index is 12.9. The summed E-state index contributed by atoms with van der Waals surface area (Å²) in [5.74, 6) is -1.20. The van der Waals surface area contributed by atoms with Crippen LogP contribution < -0.4 is 5.32 Å². The number of halogens is 1. The van der Waals surface area contributed by atoms with Gasteiger partial charge in [-0.25, -0.2) is 14.4 Å².